The summed E-state index contributed by atoms with van der Waals surface area (Å²) < 4.78 is 29.3. The zero-order chi connectivity index (χ0) is 21.3. The number of hydrogen-bond donors (Lipinski definition) is 1. The molecule has 156 valence electrons. The van der Waals surface area contributed by atoms with Crippen LogP contribution in [0.1, 0.15) is 22.3 Å². The van der Waals surface area contributed by atoms with E-state index in [1.807, 2.05) is 13.0 Å². The summed E-state index contributed by atoms with van der Waals surface area (Å²) in [6.45, 7) is 1.55. The second-order valence-electron chi connectivity index (χ2n) is 6.97. The predicted molar refractivity (Wildman–Crippen MR) is 106 cm³/mol. The van der Waals surface area contributed by atoms with E-state index in [9.17, 15) is 13.6 Å². The van der Waals surface area contributed by atoms with E-state index in [1.54, 1.807) is 12.1 Å². The average molecular weight is 434 g/mol. The number of carbonyl (C=O) groups excluding carboxylic acids is 1. The van der Waals surface area contributed by atoms with Gasteiger partial charge in [0.1, 0.15) is 6.04 Å². The van der Waals surface area contributed by atoms with Crippen LogP contribution in [0.4, 0.5) is 14.7 Å². The maximum absolute atomic E-state index is 14.6. The summed E-state index contributed by atoms with van der Waals surface area (Å²) in [5.41, 5.74) is 1.51. The Kier molecular flexibility index (Phi) is 5.33. The molecule has 1 saturated heterocycles. The molecule has 1 amide bonds. The highest BCUT2D eigenvalue weighted by atomic mass is 35.5. The number of amides is 1. The summed E-state index contributed by atoms with van der Waals surface area (Å²) in [6.07, 6.45) is 5.27. The quantitative estimate of drug-likeness (QED) is 0.665. The zero-order valence-corrected chi connectivity index (χ0v) is 16.7. The molecule has 1 aliphatic rings. The average Bonchev–Trinajstić information content (AvgIpc) is 3.35. The molecule has 30 heavy (non-hydrogen) atoms. The molecule has 2 aromatic heterocycles. The lowest BCUT2D eigenvalue weighted by Gasteiger charge is -2.28. The topological polar surface area (TPSA) is 88.8 Å². The van der Waals surface area contributed by atoms with E-state index in [-0.39, 0.29) is 24.6 Å². The molecule has 1 N–H and O–H groups in total. The predicted octanol–water partition coefficient (Wildman–Crippen LogP) is 2.98. The number of carbonyl (C=O) groups is 1. The Balaban J connectivity index is 1.61. The molecule has 1 aliphatic heterocycles. The van der Waals surface area contributed by atoms with Gasteiger partial charge in [0.25, 0.3) is 11.8 Å². The van der Waals surface area contributed by atoms with E-state index < -0.39 is 24.3 Å². The van der Waals surface area contributed by atoms with Crippen LogP contribution < -0.4 is 5.32 Å². The number of halogens is 3. The molecule has 0 spiro atoms. The van der Waals surface area contributed by atoms with E-state index in [0.717, 1.165) is 5.56 Å². The Bertz CT molecular complexity index is 1040. The number of anilines is 1. The summed E-state index contributed by atoms with van der Waals surface area (Å²) >= 11 is 5.75. The molecule has 8 nitrogen and oxygen atoms in total. The monoisotopic (exact) mass is 433 g/mol. The Labute approximate surface area is 175 Å². The normalized spacial score (nSPS) is 17.9. The van der Waals surface area contributed by atoms with Crippen LogP contribution in [-0.2, 0) is 0 Å². The third-order valence-electron chi connectivity index (χ3n) is 4.90. The molecule has 0 bridgehead atoms. The first-order valence-electron chi connectivity index (χ1n) is 9.23. The van der Waals surface area contributed by atoms with E-state index in [0.29, 0.717) is 10.7 Å². The van der Waals surface area contributed by atoms with Crippen molar-refractivity contribution in [1.82, 2.24) is 29.9 Å². The van der Waals surface area contributed by atoms with Crippen molar-refractivity contribution in [3.8, 4) is 5.69 Å². The van der Waals surface area contributed by atoms with E-state index in [1.165, 1.54) is 34.5 Å². The van der Waals surface area contributed by atoms with Crippen LogP contribution in [0, 0.1) is 6.92 Å². The van der Waals surface area contributed by atoms with Gasteiger partial charge < -0.3 is 10.2 Å². The summed E-state index contributed by atoms with van der Waals surface area (Å²) in [5.74, 6) is -3.40. The van der Waals surface area contributed by atoms with Gasteiger partial charge in [0.05, 0.1) is 41.1 Å². The van der Waals surface area contributed by atoms with Gasteiger partial charge in [-0.05, 0) is 19.1 Å². The fourth-order valence-electron chi connectivity index (χ4n) is 3.40. The van der Waals surface area contributed by atoms with Crippen molar-refractivity contribution in [3.05, 3.63) is 59.1 Å². The maximum Gasteiger partial charge on any atom is 0.271 e. The third kappa shape index (κ3) is 3.95. The lowest BCUT2D eigenvalue weighted by molar-refractivity contribution is -0.0249. The van der Waals surface area contributed by atoms with Crippen molar-refractivity contribution in [2.75, 3.05) is 18.4 Å². The van der Waals surface area contributed by atoms with E-state index in [4.69, 9.17) is 11.6 Å². The first-order chi connectivity index (χ1) is 14.3. The zero-order valence-electron chi connectivity index (χ0n) is 16.0. The van der Waals surface area contributed by atoms with Crippen LogP contribution in [0.3, 0.4) is 0 Å². The number of benzene rings is 1. The van der Waals surface area contributed by atoms with Crippen LogP contribution in [0.2, 0.25) is 5.02 Å². The second kappa shape index (κ2) is 7.94. The first-order valence-corrected chi connectivity index (χ1v) is 9.60. The van der Waals surface area contributed by atoms with Gasteiger partial charge in [-0.15, -0.1) is 0 Å². The van der Waals surface area contributed by atoms with Gasteiger partial charge >= 0.3 is 0 Å². The highest BCUT2D eigenvalue weighted by Crippen LogP contribution is 2.35. The van der Waals surface area contributed by atoms with Crippen LogP contribution >= 0.6 is 11.6 Å². The molecule has 0 radical (unpaired) electrons. The van der Waals surface area contributed by atoms with Crippen molar-refractivity contribution in [3.63, 3.8) is 0 Å². The minimum absolute atomic E-state index is 0.0699. The van der Waals surface area contributed by atoms with Crippen LogP contribution in [-0.4, -0.2) is 60.8 Å². The number of rotatable bonds is 5. The Morgan fingerprint density at radius 3 is 2.67 bits per heavy atom. The minimum atomic E-state index is -3.05. The molecule has 3 aromatic rings. The molecule has 4 rings (SSSR count). The van der Waals surface area contributed by atoms with Crippen molar-refractivity contribution in [1.29, 1.82) is 0 Å². The number of hydrogen-bond acceptors (Lipinski definition) is 6. The van der Waals surface area contributed by atoms with Crippen LogP contribution in [0.15, 0.2) is 43.0 Å². The molecule has 0 aliphatic carbocycles. The van der Waals surface area contributed by atoms with Crippen molar-refractivity contribution >= 4 is 23.5 Å². The molecule has 3 heterocycles. The smallest absolute Gasteiger partial charge is 0.271 e. The van der Waals surface area contributed by atoms with Crippen molar-refractivity contribution in [2.24, 2.45) is 0 Å². The van der Waals surface area contributed by atoms with Gasteiger partial charge in [0.15, 0.2) is 0 Å². The molecule has 1 fully saturated rings. The Morgan fingerprint density at radius 2 is 1.97 bits per heavy atom. The molecule has 11 heteroatoms. The molecule has 1 unspecified atom stereocenters. The number of nitrogens with one attached hydrogen (secondary N) is 1. The van der Waals surface area contributed by atoms with Gasteiger partial charge in [-0.1, -0.05) is 23.2 Å². The summed E-state index contributed by atoms with van der Waals surface area (Å²) in [6, 6.07) is 3.81. The number of nitrogens with zero attached hydrogens (tertiary/aromatic N) is 6. The van der Waals surface area contributed by atoms with Crippen molar-refractivity contribution < 1.29 is 13.6 Å². The number of alkyl halides is 2. The molecular weight excluding hydrogens is 416 g/mol. The lowest BCUT2D eigenvalue weighted by atomic mass is 10.1. The number of aryl methyl sites for hydroxylation is 1. The largest absolute Gasteiger partial charge is 0.352 e. The highest BCUT2D eigenvalue weighted by molar-refractivity contribution is 6.30. The van der Waals surface area contributed by atoms with E-state index >= 15 is 0 Å². The van der Waals surface area contributed by atoms with Gasteiger partial charge in [-0.25, -0.2) is 18.7 Å². The number of likely N-dealkylation sites (tertiary alicyclic amines) is 1. The first kappa shape index (κ1) is 20.1. The van der Waals surface area contributed by atoms with Gasteiger partial charge in [0, 0.05) is 19.5 Å². The Morgan fingerprint density at radius 1 is 1.27 bits per heavy atom. The highest BCUT2D eigenvalue weighted by Gasteiger charge is 2.50. The molecule has 1 aromatic carbocycles. The Hall–Kier alpha value is -3.14. The van der Waals surface area contributed by atoms with Crippen molar-refractivity contribution in [2.45, 2.75) is 25.3 Å². The van der Waals surface area contributed by atoms with Gasteiger partial charge in [-0.3, -0.25) is 4.79 Å². The number of aromatic nitrogens is 5. The fourth-order valence-corrected chi connectivity index (χ4v) is 3.50. The molecular formula is C19H18ClF2N7O. The SMILES string of the molecule is Cc1ccc(-n2nccn2)c(C(=O)N2CCC(F)(F)C2CNc2ncc(Cl)cn2)c1. The summed E-state index contributed by atoms with van der Waals surface area (Å²) in [5, 5.41) is 11.2. The molecule has 1 atom stereocenters. The van der Waals surface area contributed by atoms with Gasteiger partial charge in [0.2, 0.25) is 5.95 Å². The summed E-state index contributed by atoms with van der Waals surface area (Å²) in [4.78, 5) is 23.7. The summed E-state index contributed by atoms with van der Waals surface area (Å²) in [7, 11) is 0. The van der Waals surface area contributed by atoms with E-state index in [2.05, 4.69) is 25.5 Å². The van der Waals surface area contributed by atoms with Crippen LogP contribution in [0.5, 0.6) is 0 Å². The second-order valence-corrected chi connectivity index (χ2v) is 7.41. The van der Waals surface area contributed by atoms with Crippen LogP contribution in [0.25, 0.3) is 5.69 Å². The lowest BCUT2D eigenvalue weighted by Crippen LogP contribution is -2.47. The standard InChI is InChI=1S/C19H18ClF2N7O/c1-12-2-3-15(29-26-5-6-27-29)14(8-12)17(30)28-7-4-19(21,22)16(28)11-25-18-23-9-13(20)10-24-18/h2-3,5-6,8-10,16H,4,7,11H2,1H3,(H,23,24,25). The molecule has 0 saturated carbocycles. The third-order valence-corrected chi connectivity index (χ3v) is 5.10. The fraction of sp³-hybridized carbons (Fsp3) is 0.316. The minimum Gasteiger partial charge on any atom is -0.352 e. The van der Waals surface area contributed by atoms with Gasteiger partial charge in [-0.2, -0.15) is 15.0 Å². The maximum atomic E-state index is 14.6.